The summed E-state index contributed by atoms with van der Waals surface area (Å²) in [6.07, 6.45) is 0.0765. The van der Waals surface area contributed by atoms with Crippen molar-refractivity contribution in [2.75, 3.05) is 18.0 Å². The lowest BCUT2D eigenvalue weighted by atomic mass is 10.2. The molecule has 1 atom stereocenters. The third kappa shape index (κ3) is 3.03. The molecule has 6 heteroatoms. The molecular weight excluding hydrogens is 258 g/mol. The first-order chi connectivity index (χ1) is 9.63. The maximum absolute atomic E-state index is 12.2. The highest BCUT2D eigenvalue weighted by atomic mass is 16.2. The van der Waals surface area contributed by atoms with E-state index in [1.807, 2.05) is 13.0 Å². The van der Waals surface area contributed by atoms with E-state index in [0.29, 0.717) is 12.2 Å². The molecule has 0 bridgehead atoms. The van der Waals surface area contributed by atoms with E-state index in [4.69, 9.17) is 0 Å². The smallest absolute Gasteiger partial charge is 0.251 e. The molecule has 1 saturated heterocycles. The summed E-state index contributed by atoms with van der Waals surface area (Å²) in [5.74, 6) is -0.758. The fourth-order valence-electron chi connectivity index (χ4n) is 2.12. The van der Waals surface area contributed by atoms with Gasteiger partial charge in [0.25, 0.3) is 5.91 Å². The normalized spacial score (nSPS) is 18.4. The van der Waals surface area contributed by atoms with E-state index in [2.05, 4.69) is 10.6 Å². The van der Waals surface area contributed by atoms with Gasteiger partial charge in [-0.05, 0) is 19.1 Å². The molecular formula is C14H17N3O3. The van der Waals surface area contributed by atoms with Crippen LogP contribution in [0.15, 0.2) is 30.3 Å². The molecule has 1 unspecified atom stereocenters. The maximum atomic E-state index is 12.2. The van der Waals surface area contributed by atoms with Crippen LogP contribution < -0.4 is 15.5 Å². The Morgan fingerprint density at radius 2 is 2.00 bits per heavy atom. The minimum absolute atomic E-state index is 0.0279. The van der Waals surface area contributed by atoms with E-state index in [1.54, 1.807) is 24.3 Å². The second-order valence-corrected chi connectivity index (χ2v) is 4.49. The van der Waals surface area contributed by atoms with Crippen LogP contribution in [0.3, 0.4) is 0 Å². The Balaban J connectivity index is 2.00. The number of benzene rings is 1. The summed E-state index contributed by atoms with van der Waals surface area (Å²) < 4.78 is 0. The van der Waals surface area contributed by atoms with Crippen LogP contribution in [-0.4, -0.2) is 36.9 Å². The largest absolute Gasteiger partial charge is 0.355 e. The summed E-state index contributed by atoms with van der Waals surface area (Å²) in [4.78, 5) is 36.6. The Kier molecular flexibility index (Phi) is 4.47. The number of hydrogen-bond donors (Lipinski definition) is 2. The van der Waals surface area contributed by atoms with Crippen LogP contribution in [0.2, 0.25) is 0 Å². The van der Waals surface area contributed by atoms with Crippen molar-refractivity contribution in [2.24, 2.45) is 0 Å². The molecule has 1 fully saturated rings. The van der Waals surface area contributed by atoms with Gasteiger partial charge in [-0.1, -0.05) is 18.2 Å². The first-order valence-electron chi connectivity index (χ1n) is 6.55. The van der Waals surface area contributed by atoms with Gasteiger partial charge in [-0.15, -0.1) is 0 Å². The van der Waals surface area contributed by atoms with Crippen molar-refractivity contribution < 1.29 is 14.4 Å². The van der Waals surface area contributed by atoms with Crippen LogP contribution in [-0.2, 0) is 14.4 Å². The first kappa shape index (κ1) is 14.2. The number of carbonyl (C=O) groups excluding carboxylic acids is 3. The molecule has 1 aliphatic rings. The molecule has 1 aromatic rings. The van der Waals surface area contributed by atoms with Crippen LogP contribution in [0.1, 0.15) is 13.3 Å². The molecule has 0 radical (unpaired) electrons. The number of amides is 3. The van der Waals surface area contributed by atoms with Crippen molar-refractivity contribution in [1.29, 1.82) is 0 Å². The highest BCUT2D eigenvalue weighted by Gasteiger charge is 2.39. The summed E-state index contributed by atoms with van der Waals surface area (Å²) in [6, 6.07) is 8.14. The van der Waals surface area contributed by atoms with Gasteiger partial charge in [-0.2, -0.15) is 0 Å². The summed E-state index contributed by atoms with van der Waals surface area (Å²) >= 11 is 0. The lowest BCUT2D eigenvalue weighted by Gasteiger charge is -2.15. The number of nitrogens with one attached hydrogen (secondary N) is 2. The topological polar surface area (TPSA) is 78.5 Å². The standard InChI is InChI=1S/C14H17N3O3/c1-2-15-12(18)9-16-11-8-13(19)17(14(11)20)10-6-4-3-5-7-10/h3-7,11,16H,2,8-9H2,1H3,(H,15,18). The van der Waals surface area contributed by atoms with Gasteiger partial charge in [0.05, 0.1) is 24.7 Å². The molecule has 20 heavy (non-hydrogen) atoms. The van der Waals surface area contributed by atoms with Crippen molar-refractivity contribution in [3.8, 4) is 0 Å². The Labute approximate surface area is 117 Å². The zero-order valence-electron chi connectivity index (χ0n) is 11.3. The Hall–Kier alpha value is -2.21. The van der Waals surface area contributed by atoms with E-state index in [9.17, 15) is 14.4 Å². The van der Waals surface area contributed by atoms with Gasteiger partial charge in [-0.3, -0.25) is 19.7 Å². The van der Waals surface area contributed by atoms with Crippen molar-refractivity contribution in [3.63, 3.8) is 0 Å². The molecule has 0 aromatic heterocycles. The van der Waals surface area contributed by atoms with E-state index >= 15 is 0 Å². The summed E-state index contributed by atoms with van der Waals surface area (Å²) in [5.41, 5.74) is 0.560. The van der Waals surface area contributed by atoms with Crippen molar-refractivity contribution in [2.45, 2.75) is 19.4 Å². The molecule has 106 valence electrons. The first-order valence-corrected chi connectivity index (χ1v) is 6.55. The zero-order chi connectivity index (χ0) is 14.5. The SMILES string of the molecule is CCNC(=O)CNC1CC(=O)N(c2ccccc2)C1=O. The van der Waals surface area contributed by atoms with E-state index in [0.717, 1.165) is 4.90 Å². The summed E-state index contributed by atoms with van der Waals surface area (Å²) in [7, 11) is 0. The third-order valence-corrected chi connectivity index (χ3v) is 3.04. The number of nitrogens with zero attached hydrogens (tertiary/aromatic N) is 1. The van der Waals surface area contributed by atoms with Crippen molar-refractivity contribution >= 4 is 23.4 Å². The molecule has 0 aliphatic carbocycles. The van der Waals surface area contributed by atoms with Gasteiger partial charge in [0.2, 0.25) is 11.8 Å². The average Bonchev–Trinajstić information content (AvgIpc) is 2.72. The highest BCUT2D eigenvalue weighted by Crippen LogP contribution is 2.22. The van der Waals surface area contributed by atoms with Crippen LogP contribution in [0.5, 0.6) is 0 Å². The van der Waals surface area contributed by atoms with Gasteiger partial charge in [0.15, 0.2) is 0 Å². The molecule has 6 nitrogen and oxygen atoms in total. The predicted molar refractivity (Wildman–Crippen MR) is 74.0 cm³/mol. The third-order valence-electron chi connectivity index (χ3n) is 3.04. The lowest BCUT2D eigenvalue weighted by Crippen LogP contribution is -2.43. The van der Waals surface area contributed by atoms with Crippen molar-refractivity contribution in [1.82, 2.24) is 10.6 Å². The number of anilines is 1. The van der Waals surface area contributed by atoms with E-state index in [-0.39, 0.29) is 30.7 Å². The molecule has 2 N–H and O–H groups in total. The minimum Gasteiger partial charge on any atom is -0.355 e. The summed E-state index contributed by atoms with van der Waals surface area (Å²) in [5, 5.41) is 5.45. The fraction of sp³-hybridized carbons (Fsp3) is 0.357. The van der Waals surface area contributed by atoms with Crippen LogP contribution >= 0.6 is 0 Å². The van der Waals surface area contributed by atoms with Crippen LogP contribution in [0, 0.1) is 0 Å². The van der Waals surface area contributed by atoms with Crippen LogP contribution in [0.4, 0.5) is 5.69 Å². The number of likely N-dealkylation sites (N-methyl/N-ethyl adjacent to an activating group) is 1. The monoisotopic (exact) mass is 275 g/mol. The second kappa shape index (κ2) is 6.29. The van der Waals surface area contributed by atoms with Gasteiger partial charge >= 0.3 is 0 Å². The number of para-hydroxylation sites is 1. The molecule has 0 saturated carbocycles. The number of hydrogen-bond acceptors (Lipinski definition) is 4. The quantitative estimate of drug-likeness (QED) is 0.744. The van der Waals surface area contributed by atoms with Gasteiger partial charge < -0.3 is 5.32 Å². The maximum Gasteiger partial charge on any atom is 0.251 e. The minimum atomic E-state index is -0.634. The molecule has 1 aromatic carbocycles. The molecule has 0 spiro atoms. The van der Waals surface area contributed by atoms with Gasteiger partial charge in [-0.25, -0.2) is 4.90 Å². The lowest BCUT2D eigenvalue weighted by molar-refractivity contribution is -0.121. The van der Waals surface area contributed by atoms with Crippen LogP contribution in [0.25, 0.3) is 0 Å². The second-order valence-electron chi connectivity index (χ2n) is 4.49. The molecule has 3 amide bonds. The average molecular weight is 275 g/mol. The Morgan fingerprint density at radius 3 is 2.65 bits per heavy atom. The number of carbonyl (C=O) groups is 3. The molecule has 1 aliphatic heterocycles. The van der Waals surface area contributed by atoms with E-state index in [1.165, 1.54) is 0 Å². The number of imide groups is 1. The van der Waals surface area contributed by atoms with E-state index < -0.39 is 6.04 Å². The molecule has 1 heterocycles. The Morgan fingerprint density at radius 1 is 1.30 bits per heavy atom. The highest BCUT2D eigenvalue weighted by molar-refractivity contribution is 6.22. The van der Waals surface area contributed by atoms with Gasteiger partial charge in [0, 0.05) is 6.54 Å². The predicted octanol–water partition coefficient (Wildman–Crippen LogP) is 0.0442. The van der Waals surface area contributed by atoms with Gasteiger partial charge in [0.1, 0.15) is 0 Å². The zero-order valence-corrected chi connectivity index (χ0v) is 11.3. The number of rotatable bonds is 5. The molecule has 2 rings (SSSR count). The fourth-order valence-corrected chi connectivity index (χ4v) is 2.12. The van der Waals surface area contributed by atoms with Crippen molar-refractivity contribution in [3.05, 3.63) is 30.3 Å². The Bertz CT molecular complexity index is 516. The summed E-state index contributed by atoms with van der Waals surface area (Å²) in [6.45, 7) is 2.38.